The van der Waals surface area contributed by atoms with Crippen LogP contribution in [0.15, 0.2) is 0 Å². The number of aliphatic hydroxyl groups is 1. The van der Waals surface area contributed by atoms with Gasteiger partial charge in [-0.3, -0.25) is 15.0 Å². The molecule has 1 rings (SSSR count). The van der Waals surface area contributed by atoms with Crippen LogP contribution in [0.5, 0.6) is 0 Å². The molecular weight excluding hydrogens is 238 g/mol. The highest BCUT2D eigenvalue weighted by atomic mass is 16.5. The lowest BCUT2D eigenvalue weighted by atomic mass is 10.3. The first-order valence-electron chi connectivity index (χ1n) is 5.97. The maximum atomic E-state index is 11.5. The molecule has 3 N–H and O–H groups in total. The molecule has 1 saturated carbocycles. The summed E-state index contributed by atoms with van der Waals surface area (Å²) in [5.74, 6) is -0.389. The molecule has 7 nitrogen and oxygen atoms in total. The average molecular weight is 259 g/mol. The fourth-order valence-corrected chi connectivity index (χ4v) is 1.53. The van der Waals surface area contributed by atoms with Gasteiger partial charge in [0.1, 0.15) is 0 Å². The minimum Gasteiger partial charge on any atom is -0.389 e. The molecule has 18 heavy (non-hydrogen) atoms. The maximum Gasteiger partial charge on any atom is 0.321 e. The molecule has 7 heteroatoms. The Morgan fingerprint density at radius 2 is 2.17 bits per heavy atom. The SMILES string of the molecule is COCC(O)CN(C)CC(=O)NC(=O)NC1CC1. The largest absolute Gasteiger partial charge is 0.389 e. The number of carbonyl (C=O) groups is 2. The Balaban J connectivity index is 2.15. The van der Waals surface area contributed by atoms with Crippen LogP contribution in [0, 0.1) is 0 Å². The molecule has 1 unspecified atom stereocenters. The zero-order valence-corrected chi connectivity index (χ0v) is 10.8. The molecule has 0 aromatic carbocycles. The van der Waals surface area contributed by atoms with E-state index in [1.54, 1.807) is 11.9 Å². The lowest BCUT2D eigenvalue weighted by molar-refractivity contribution is -0.121. The smallest absolute Gasteiger partial charge is 0.321 e. The predicted octanol–water partition coefficient (Wildman–Crippen LogP) is -1.09. The van der Waals surface area contributed by atoms with Gasteiger partial charge in [-0.15, -0.1) is 0 Å². The Kier molecular flexibility index (Phi) is 6.03. The molecule has 104 valence electrons. The third-order valence-corrected chi connectivity index (χ3v) is 2.46. The predicted molar refractivity (Wildman–Crippen MR) is 65.1 cm³/mol. The van der Waals surface area contributed by atoms with E-state index in [4.69, 9.17) is 4.74 Å². The summed E-state index contributed by atoms with van der Waals surface area (Å²) in [7, 11) is 3.19. The highest BCUT2D eigenvalue weighted by Crippen LogP contribution is 2.18. The van der Waals surface area contributed by atoms with Gasteiger partial charge in [-0.25, -0.2) is 4.79 Å². The van der Waals surface area contributed by atoms with Crippen LogP contribution in [0.3, 0.4) is 0 Å². The molecule has 0 saturated heterocycles. The van der Waals surface area contributed by atoms with Crippen LogP contribution in [0.4, 0.5) is 4.79 Å². The number of hydrogen-bond donors (Lipinski definition) is 3. The number of imide groups is 1. The van der Waals surface area contributed by atoms with E-state index < -0.39 is 12.1 Å². The van der Waals surface area contributed by atoms with Crippen LogP contribution >= 0.6 is 0 Å². The third kappa shape index (κ3) is 6.53. The van der Waals surface area contributed by atoms with E-state index in [-0.39, 0.29) is 25.1 Å². The molecule has 3 amide bonds. The van der Waals surface area contributed by atoms with Crippen molar-refractivity contribution in [2.45, 2.75) is 25.0 Å². The Morgan fingerprint density at radius 1 is 1.50 bits per heavy atom. The van der Waals surface area contributed by atoms with Crippen LogP contribution in [-0.4, -0.2) is 67.9 Å². The lowest BCUT2D eigenvalue weighted by Crippen LogP contribution is -2.45. The summed E-state index contributed by atoms with van der Waals surface area (Å²) in [6.07, 6.45) is 1.31. The van der Waals surface area contributed by atoms with Gasteiger partial charge in [0.25, 0.3) is 0 Å². The number of hydrogen-bond acceptors (Lipinski definition) is 5. The fourth-order valence-electron chi connectivity index (χ4n) is 1.53. The number of likely N-dealkylation sites (N-methyl/N-ethyl adjacent to an activating group) is 1. The number of aliphatic hydroxyl groups excluding tert-OH is 1. The minimum absolute atomic E-state index is 0.0544. The Labute approximate surface area is 106 Å². The molecule has 0 spiro atoms. The van der Waals surface area contributed by atoms with Gasteiger partial charge in [-0.2, -0.15) is 0 Å². The molecule has 1 fully saturated rings. The topological polar surface area (TPSA) is 90.9 Å². The van der Waals surface area contributed by atoms with Gasteiger partial charge in [0, 0.05) is 19.7 Å². The van der Waals surface area contributed by atoms with Crippen LogP contribution < -0.4 is 10.6 Å². The molecule has 0 aliphatic heterocycles. The molecule has 0 aromatic rings. The molecule has 1 aliphatic rings. The molecule has 0 aromatic heterocycles. The summed E-state index contributed by atoms with van der Waals surface area (Å²) >= 11 is 0. The van der Waals surface area contributed by atoms with Crippen LogP contribution in [0.2, 0.25) is 0 Å². The standard InChI is InChI=1S/C11H21N3O4/c1-14(5-9(15)7-18-2)6-10(16)13-11(17)12-8-3-4-8/h8-9,15H,3-7H2,1-2H3,(H2,12,13,16,17). The third-order valence-electron chi connectivity index (χ3n) is 2.46. The van der Waals surface area contributed by atoms with E-state index in [0.29, 0.717) is 6.54 Å². The Hall–Kier alpha value is -1.18. The maximum absolute atomic E-state index is 11.5. The molecule has 1 atom stereocenters. The molecule has 1 aliphatic carbocycles. The van der Waals surface area contributed by atoms with Crippen molar-refractivity contribution in [3.05, 3.63) is 0 Å². The Morgan fingerprint density at radius 3 is 2.72 bits per heavy atom. The molecule has 0 radical (unpaired) electrons. The van der Waals surface area contributed by atoms with Crippen LogP contribution in [0.25, 0.3) is 0 Å². The summed E-state index contributed by atoms with van der Waals surface area (Å²) in [4.78, 5) is 24.4. The van der Waals surface area contributed by atoms with Crippen molar-refractivity contribution in [2.24, 2.45) is 0 Å². The normalized spacial score (nSPS) is 16.4. The van der Waals surface area contributed by atoms with Gasteiger partial charge in [0.2, 0.25) is 5.91 Å². The van der Waals surface area contributed by atoms with Crippen molar-refractivity contribution < 1.29 is 19.4 Å². The first-order chi connectivity index (χ1) is 8.51. The average Bonchev–Trinajstić information content (AvgIpc) is 3.00. The molecule has 0 bridgehead atoms. The summed E-state index contributed by atoms with van der Waals surface area (Å²) < 4.78 is 4.78. The number of urea groups is 1. The van der Waals surface area contributed by atoms with Crippen molar-refractivity contribution in [1.29, 1.82) is 0 Å². The van der Waals surface area contributed by atoms with E-state index in [0.717, 1.165) is 12.8 Å². The number of methoxy groups -OCH3 is 1. The highest BCUT2D eigenvalue weighted by molar-refractivity contribution is 5.95. The first-order valence-corrected chi connectivity index (χ1v) is 5.97. The second kappa shape index (κ2) is 7.30. The zero-order chi connectivity index (χ0) is 13.5. The first kappa shape index (κ1) is 14.9. The van der Waals surface area contributed by atoms with Crippen molar-refractivity contribution in [3.8, 4) is 0 Å². The van der Waals surface area contributed by atoms with Crippen molar-refractivity contribution in [2.75, 3.05) is 33.9 Å². The lowest BCUT2D eigenvalue weighted by Gasteiger charge is -2.19. The van der Waals surface area contributed by atoms with Gasteiger partial charge in [0.15, 0.2) is 0 Å². The van der Waals surface area contributed by atoms with Crippen molar-refractivity contribution in [1.82, 2.24) is 15.5 Å². The summed E-state index contributed by atoms with van der Waals surface area (Å²) in [6, 6.07) is -0.229. The van der Waals surface area contributed by atoms with Gasteiger partial charge >= 0.3 is 6.03 Å². The summed E-state index contributed by atoms with van der Waals surface area (Å²) in [5, 5.41) is 14.4. The van der Waals surface area contributed by atoms with Crippen LogP contribution in [0.1, 0.15) is 12.8 Å². The van der Waals surface area contributed by atoms with E-state index >= 15 is 0 Å². The van der Waals surface area contributed by atoms with Gasteiger partial charge in [-0.05, 0) is 19.9 Å². The van der Waals surface area contributed by atoms with E-state index in [1.807, 2.05) is 0 Å². The number of amides is 3. The molecular formula is C11H21N3O4. The number of nitrogens with one attached hydrogen (secondary N) is 2. The van der Waals surface area contributed by atoms with Gasteiger partial charge in [-0.1, -0.05) is 0 Å². The fraction of sp³-hybridized carbons (Fsp3) is 0.818. The van der Waals surface area contributed by atoms with E-state index in [2.05, 4.69) is 10.6 Å². The van der Waals surface area contributed by atoms with E-state index in [9.17, 15) is 14.7 Å². The number of ether oxygens (including phenoxy) is 1. The monoisotopic (exact) mass is 259 g/mol. The Bertz CT molecular complexity index is 294. The number of nitrogens with zero attached hydrogens (tertiary/aromatic N) is 1. The second-order valence-electron chi connectivity index (χ2n) is 4.60. The van der Waals surface area contributed by atoms with Crippen molar-refractivity contribution >= 4 is 11.9 Å². The zero-order valence-electron chi connectivity index (χ0n) is 10.8. The number of rotatable bonds is 7. The minimum atomic E-state index is -0.645. The summed E-state index contributed by atoms with van der Waals surface area (Å²) in [5.41, 5.74) is 0. The van der Waals surface area contributed by atoms with Gasteiger partial charge < -0.3 is 15.2 Å². The van der Waals surface area contributed by atoms with Crippen molar-refractivity contribution in [3.63, 3.8) is 0 Å². The van der Waals surface area contributed by atoms with E-state index in [1.165, 1.54) is 7.11 Å². The van der Waals surface area contributed by atoms with Gasteiger partial charge in [0.05, 0.1) is 19.3 Å². The molecule has 0 heterocycles. The second-order valence-corrected chi connectivity index (χ2v) is 4.60. The highest BCUT2D eigenvalue weighted by Gasteiger charge is 2.24. The summed E-state index contributed by atoms with van der Waals surface area (Å²) in [6.45, 7) is 0.582. The quantitative estimate of drug-likeness (QED) is 0.540. The van der Waals surface area contributed by atoms with Crippen LogP contribution in [-0.2, 0) is 9.53 Å². The number of carbonyl (C=O) groups excluding carboxylic acids is 2.